The van der Waals surface area contributed by atoms with Gasteiger partial charge in [0.1, 0.15) is 17.8 Å². The van der Waals surface area contributed by atoms with E-state index in [0.29, 0.717) is 29.0 Å². The van der Waals surface area contributed by atoms with Crippen molar-refractivity contribution in [3.63, 3.8) is 0 Å². The minimum atomic E-state index is -0.476. The molecule has 0 radical (unpaired) electrons. The highest BCUT2D eigenvalue weighted by molar-refractivity contribution is 6.00. The van der Waals surface area contributed by atoms with Crippen LogP contribution in [0.4, 0.5) is 4.39 Å². The van der Waals surface area contributed by atoms with E-state index in [0.717, 1.165) is 24.0 Å². The second-order valence-electron chi connectivity index (χ2n) is 6.67. The van der Waals surface area contributed by atoms with Gasteiger partial charge in [0, 0.05) is 29.8 Å². The van der Waals surface area contributed by atoms with Gasteiger partial charge in [0.25, 0.3) is 0 Å². The number of aliphatic imine (C=N–C) groups is 1. The number of aryl methyl sites for hydroxylation is 1. The molecular weight excluding hydrogens is 371 g/mol. The number of benzene rings is 1. The van der Waals surface area contributed by atoms with Crippen molar-refractivity contribution in [3.8, 4) is 11.5 Å². The number of aromatic amines is 2. The largest absolute Gasteiger partial charge is 0.492 e. The Morgan fingerprint density at radius 1 is 1.24 bits per heavy atom. The predicted molar refractivity (Wildman–Crippen MR) is 118 cm³/mol. The summed E-state index contributed by atoms with van der Waals surface area (Å²) in [5.74, 6) is 0.355. The van der Waals surface area contributed by atoms with Crippen LogP contribution in [-0.2, 0) is 0 Å². The molecule has 1 aromatic carbocycles. The lowest BCUT2D eigenvalue weighted by Gasteiger charge is -2.10. The number of H-pyrrole nitrogens is 2. The van der Waals surface area contributed by atoms with Gasteiger partial charge in [-0.05, 0) is 38.5 Å². The first kappa shape index (κ1) is 22.2. The topological polar surface area (TPSA) is 86.2 Å². The number of aromatic nitrogens is 2. The summed E-state index contributed by atoms with van der Waals surface area (Å²) in [4.78, 5) is 10.1. The molecule has 0 fully saturated rings. The first-order valence-corrected chi connectivity index (χ1v) is 9.80. The van der Waals surface area contributed by atoms with Crippen molar-refractivity contribution in [1.82, 2.24) is 9.97 Å². The molecule has 0 unspecified atom stereocenters. The zero-order chi connectivity index (χ0) is 21.4. The zero-order valence-corrected chi connectivity index (χ0v) is 17.6. The number of nitrogens with one attached hydrogen (secondary N) is 3. The van der Waals surface area contributed by atoms with Crippen LogP contribution in [0.3, 0.4) is 0 Å². The third-order valence-electron chi connectivity index (χ3n) is 3.99. The molecule has 0 aliphatic heterocycles. The van der Waals surface area contributed by atoms with Gasteiger partial charge in [0.15, 0.2) is 11.6 Å². The molecule has 6 nitrogen and oxygen atoms in total. The molecule has 0 saturated heterocycles. The molecular formula is C22H31FN4O2. The first-order valence-electron chi connectivity index (χ1n) is 9.80. The Balaban J connectivity index is 0.00000106. The SMILES string of the molecule is CCC.CCCOc1c[nH]c(C(=NC=N)Oc2ccc3[nH]c(C)cc3c2F)c1C.[HH]. The third-order valence-corrected chi connectivity index (χ3v) is 3.99. The quantitative estimate of drug-likeness (QED) is 0.342. The van der Waals surface area contributed by atoms with Crippen LogP contribution in [0.5, 0.6) is 11.5 Å². The maximum Gasteiger partial charge on any atom is 0.245 e. The van der Waals surface area contributed by atoms with E-state index in [-0.39, 0.29) is 13.1 Å². The van der Waals surface area contributed by atoms with Crippen LogP contribution in [-0.4, -0.2) is 28.8 Å². The van der Waals surface area contributed by atoms with Gasteiger partial charge in [-0.3, -0.25) is 5.41 Å². The lowest BCUT2D eigenvalue weighted by Crippen LogP contribution is -2.13. The summed E-state index contributed by atoms with van der Waals surface area (Å²) in [6.45, 7) is 10.6. The van der Waals surface area contributed by atoms with E-state index < -0.39 is 5.82 Å². The van der Waals surface area contributed by atoms with Crippen LogP contribution in [0.25, 0.3) is 10.9 Å². The molecule has 2 aromatic heterocycles. The number of ether oxygens (including phenoxy) is 2. The summed E-state index contributed by atoms with van der Waals surface area (Å²) in [7, 11) is 0. The summed E-state index contributed by atoms with van der Waals surface area (Å²) < 4.78 is 26.1. The summed E-state index contributed by atoms with van der Waals surface area (Å²) in [5.41, 5.74) is 2.90. The molecule has 29 heavy (non-hydrogen) atoms. The molecule has 3 aromatic rings. The van der Waals surface area contributed by atoms with E-state index in [4.69, 9.17) is 14.9 Å². The van der Waals surface area contributed by atoms with Gasteiger partial charge in [0.05, 0.1) is 6.61 Å². The van der Waals surface area contributed by atoms with E-state index in [1.807, 2.05) is 20.8 Å². The highest BCUT2D eigenvalue weighted by Crippen LogP contribution is 2.29. The van der Waals surface area contributed by atoms with Crippen molar-refractivity contribution in [1.29, 1.82) is 5.41 Å². The second-order valence-corrected chi connectivity index (χ2v) is 6.67. The number of rotatable bonds is 6. The molecule has 0 amide bonds. The van der Waals surface area contributed by atoms with E-state index in [1.54, 1.807) is 24.4 Å². The number of hydrogen-bond donors (Lipinski definition) is 3. The van der Waals surface area contributed by atoms with Crippen LogP contribution in [0.2, 0.25) is 0 Å². The standard InChI is InChI=1S/C19H21FN4O2.C3H8.H2/c1-4-7-25-16-9-22-18(12(16)3)19(23-10-21)26-15-6-5-14-13(17(15)20)8-11(2)24-14;1-3-2;/h5-6,8-10,21-22,24H,4,7H2,1-3H3;3H2,1-2H3;1H. The monoisotopic (exact) mass is 402 g/mol. The lowest BCUT2D eigenvalue weighted by atomic mass is 10.2. The molecule has 0 bridgehead atoms. The molecule has 3 rings (SSSR count). The molecule has 3 N–H and O–H groups in total. The fourth-order valence-corrected chi connectivity index (χ4v) is 2.73. The van der Waals surface area contributed by atoms with Crippen molar-refractivity contribution < 1.29 is 15.3 Å². The van der Waals surface area contributed by atoms with Gasteiger partial charge in [-0.2, -0.15) is 0 Å². The van der Waals surface area contributed by atoms with Crippen molar-refractivity contribution in [2.45, 2.75) is 47.5 Å². The van der Waals surface area contributed by atoms with Gasteiger partial charge < -0.3 is 19.4 Å². The fourth-order valence-electron chi connectivity index (χ4n) is 2.73. The maximum atomic E-state index is 14.8. The Morgan fingerprint density at radius 3 is 2.62 bits per heavy atom. The molecule has 0 aliphatic carbocycles. The minimum absolute atomic E-state index is 0. The van der Waals surface area contributed by atoms with Gasteiger partial charge >= 0.3 is 0 Å². The van der Waals surface area contributed by atoms with E-state index in [1.165, 1.54) is 6.42 Å². The normalized spacial score (nSPS) is 11.2. The van der Waals surface area contributed by atoms with Gasteiger partial charge in [0.2, 0.25) is 5.90 Å². The van der Waals surface area contributed by atoms with Gasteiger partial charge in [-0.15, -0.1) is 0 Å². The smallest absolute Gasteiger partial charge is 0.245 e. The highest BCUT2D eigenvalue weighted by Gasteiger charge is 2.18. The van der Waals surface area contributed by atoms with Crippen molar-refractivity contribution in [3.05, 3.63) is 47.2 Å². The molecule has 0 aliphatic rings. The van der Waals surface area contributed by atoms with Gasteiger partial charge in [-0.1, -0.05) is 27.2 Å². The highest BCUT2D eigenvalue weighted by atomic mass is 19.1. The van der Waals surface area contributed by atoms with Gasteiger partial charge in [-0.25, -0.2) is 9.38 Å². The summed E-state index contributed by atoms with van der Waals surface area (Å²) in [6.07, 6.45) is 4.70. The Kier molecular flexibility index (Phi) is 8.00. The molecule has 0 saturated carbocycles. The van der Waals surface area contributed by atoms with Crippen molar-refractivity contribution >= 4 is 23.1 Å². The third kappa shape index (κ3) is 5.25. The Hall–Kier alpha value is -3.09. The average Bonchev–Trinajstić information content (AvgIpc) is 3.25. The molecule has 158 valence electrons. The number of nitrogens with zero attached hydrogens (tertiary/aromatic N) is 1. The van der Waals surface area contributed by atoms with E-state index in [2.05, 4.69) is 28.8 Å². The molecule has 2 heterocycles. The fraction of sp³-hybridized carbons (Fsp3) is 0.364. The zero-order valence-electron chi connectivity index (χ0n) is 17.6. The van der Waals surface area contributed by atoms with Crippen LogP contribution in [0.15, 0.2) is 29.4 Å². The van der Waals surface area contributed by atoms with Crippen LogP contribution >= 0.6 is 0 Å². The maximum absolute atomic E-state index is 14.8. The molecule has 7 heteroatoms. The average molecular weight is 403 g/mol. The van der Waals surface area contributed by atoms with Crippen LogP contribution in [0, 0.1) is 25.1 Å². The Bertz CT molecular complexity index is 995. The summed E-state index contributed by atoms with van der Waals surface area (Å²) >= 11 is 0. The van der Waals surface area contributed by atoms with Crippen LogP contribution in [0.1, 0.15) is 52.0 Å². The first-order chi connectivity index (χ1) is 14.0. The number of fused-ring (bicyclic) bond motifs is 1. The Labute approximate surface area is 172 Å². The molecule has 0 atom stereocenters. The summed E-state index contributed by atoms with van der Waals surface area (Å²) in [6, 6.07) is 5.02. The minimum Gasteiger partial charge on any atom is -0.492 e. The number of hydrogen-bond acceptors (Lipinski definition) is 3. The van der Waals surface area contributed by atoms with E-state index in [9.17, 15) is 4.39 Å². The van der Waals surface area contributed by atoms with E-state index >= 15 is 0 Å². The Morgan fingerprint density at radius 2 is 1.97 bits per heavy atom. The summed E-state index contributed by atoms with van der Waals surface area (Å²) in [5, 5.41) is 7.74. The van der Waals surface area contributed by atoms with Crippen molar-refractivity contribution in [2.75, 3.05) is 6.61 Å². The van der Waals surface area contributed by atoms with Crippen LogP contribution < -0.4 is 9.47 Å². The predicted octanol–water partition coefficient (Wildman–Crippen LogP) is 6.14. The number of halogens is 1. The molecule has 0 spiro atoms. The lowest BCUT2D eigenvalue weighted by molar-refractivity contribution is 0.316. The second kappa shape index (κ2) is 10.5. The van der Waals surface area contributed by atoms with Crippen molar-refractivity contribution in [2.24, 2.45) is 4.99 Å².